The van der Waals surface area contributed by atoms with Crippen LogP contribution in [-0.2, 0) is 0 Å². The molecule has 0 fully saturated rings. The Labute approximate surface area is 369 Å². The van der Waals surface area contributed by atoms with Crippen molar-refractivity contribution in [1.82, 2.24) is 24.1 Å². The van der Waals surface area contributed by atoms with Crippen molar-refractivity contribution in [3.8, 4) is 45.5 Å². The van der Waals surface area contributed by atoms with Crippen LogP contribution in [0.5, 0.6) is 0 Å². The molecule has 0 N–H and O–H groups in total. The minimum absolute atomic E-state index is 0.394. The molecule has 12 heteroatoms. The van der Waals surface area contributed by atoms with Gasteiger partial charge in [0.15, 0.2) is 17.5 Å². The number of benzene rings is 8. The molecule has 8 aromatic carbocycles. The molecular weight excluding hydrogens is 763 g/mol. The first-order valence-electron chi connectivity index (χ1n) is 20.3. The van der Waals surface area contributed by atoms with Crippen LogP contribution in [0.15, 0.2) is 156 Å². The maximum absolute atomic E-state index is 7.13. The largest absolute Gasteiger partial charge is 0.456 e. The van der Waals surface area contributed by atoms with E-state index in [0.717, 1.165) is 77.1 Å². The molecule has 63 heavy (non-hydrogen) atoms. The predicted molar refractivity (Wildman–Crippen MR) is 264 cm³/mol. The molecule has 12 radical (unpaired) electrons. The van der Waals surface area contributed by atoms with Crippen molar-refractivity contribution in [2.24, 2.45) is 0 Å². The summed E-state index contributed by atoms with van der Waals surface area (Å²) in [5.74, 6) is 1.69. The first-order chi connectivity index (χ1) is 30.7. The number of furan rings is 1. The SMILES string of the molecule is [B]c1cc([B])c2c(c1)c1c([B])c([B])c3c4cc([B])cc([B])c4n(-c4ccc5oc6cc(-c7nc(-c8ccccc8)nc(-c8ccccc8)n7)ccc6c5c4)c3c1n2-c1ccccc1. The van der Waals surface area contributed by atoms with E-state index in [4.69, 9.17) is 66.4 Å². The third-order valence-corrected chi connectivity index (χ3v) is 12.0. The van der Waals surface area contributed by atoms with E-state index < -0.39 is 0 Å². The van der Waals surface area contributed by atoms with Crippen LogP contribution in [0.4, 0.5) is 0 Å². The summed E-state index contributed by atoms with van der Waals surface area (Å²) in [6.45, 7) is 0. The van der Waals surface area contributed by atoms with Crippen LogP contribution in [0.25, 0.3) is 111 Å². The van der Waals surface area contributed by atoms with Gasteiger partial charge in [-0.3, -0.25) is 0 Å². The quantitative estimate of drug-likeness (QED) is 0.209. The normalized spacial score (nSPS) is 11.9. The molecule has 6 nitrogen and oxygen atoms in total. The average molecular weight is 789 g/mol. The van der Waals surface area contributed by atoms with Crippen LogP contribution in [0.2, 0.25) is 0 Å². The van der Waals surface area contributed by atoms with Gasteiger partial charge in [0.25, 0.3) is 0 Å². The summed E-state index contributed by atoms with van der Waals surface area (Å²) in [5.41, 5.74) is 11.4. The highest BCUT2D eigenvalue weighted by Crippen LogP contribution is 2.41. The zero-order valence-corrected chi connectivity index (χ0v) is 33.5. The highest BCUT2D eigenvalue weighted by molar-refractivity contribution is 6.61. The van der Waals surface area contributed by atoms with Crippen molar-refractivity contribution < 1.29 is 4.42 Å². The van der Waals surface area contributed by atoms with E-state index in [2.05, 4.69) is 15.2 Å². The van der Waals surface area contributed by atoms with E-state index >= 15 is 0 Å². The maximum Gasteiger partial charge on any atom is 0.164 e. The number of hydrogen-bond donors (Lipinski definition) is 0. The molecule has 4 heterocycles. The molecule has 0 saturated carbocycles. The molecule has 0 saturated heterocycles. The summed E-state index contributed by atoms with van der Waals surface area (Å²) in [5, 5.41) is 4.77. The zero-order valence-electron chi connectivity index (χ0n) is 33.5. The molecule has 0 aliphatic rings. The predicted octanol–water partition coefficient (Wildman–Crippen LogP) is 5.73. The smallest absolute Gasteiger partial charge is 0.164 e. The summed E-state index contributed by atoms with van der Waals surface area (Å²) < 4.78 is 10.9. The van der Waals surface area contributed by atoms with Crippen LogP contribution < -0.4 is 32.8 Å². The fourth-order valence-corrected chi connectivity index (χ4v) is 9.28. The Bertz CT molecular complexity index is 3810. The van der Waals surface area contributed by atoms with Gasteiger partial charge in [0.1, 0.15) is 58.2 Å². The van der Waals surface area contributed by atoms with Crippen molar-refractivity contribution in [2.45, 2.75) is 0 Å². The van der Waals surface area contributed by atoms with Gasteiger partial charge in [0.2, 0.25) is 0 Å². The second kappa shape index (κ2) is 14.0. The first-order valence-corrected chi connectivity index (χ1v) is 20.3. The van der Waals surface area contributed by atoms with Crippen molar-refractivity contribution >= 4 is 145 Å². The Balaban J connectivity index is 1.13. The minimum atomic E-state index is 0.394. The molecular formula is C51H25B6N5O. The average Bonchev–Trinajstić information content (AvgIpc) is 3.96. The van der Waals surface area contributed by atoms with Crippen LogP contribution in [0.3, 0.4) is 0 Å². The van der Waals surface area contributed by atoms with Crippen LogP contribution in [-0.4, -0.2) is 71.2 Å². The molecule has 4 aromatic heterocycles. The van der Waals surface area contributed by atoms with E-state index in [1.165, 1.54) is 0 Å². The Morgan fingerprint density at radius 2 is 0.857 bits per heavy atom. The summed E-state index contributed by atoms with van der Waals surface area (Å²) in [6.07, 6.45) is 0. The van der Waals surface area contributed by atoms with Gasteiger partial charge < -0.3 is 13.6 Å². The lowest BCUT2D eigenvalue weighted by atomic mass is 9.74. The fourth-order valence-electron chi connectivity index (χ4n) is 9.28. The summed E-state index contributed by atoms with van der Waals surface area (Å²) in [7, 11) is 41.0. The molecule has 0 amide bonds. The topological polar surface area (TPSA) is 61.7 Å². The Hall–Kier alpha value is -7.44. The lowest BCUT2D eigenvalue weighted by Gasteiger charge is -2.16. The Morgan fingerprint density at radius 3 is 1.40 bits per heavy atom. The molecule has 0 bridgehead atoms. The third-order valence-electron chi connectivity index (χ3n) is 12.0. The monoisotopic (exact) mass is 789 g/mol. The third kappa shape index (κ3) is 5.70. The van der Waals surface area contributed by atoms with Crippen molar-refractivity contribution in [3.63, 3.8) is 0 Å². The molecule has 0 spiro atoms. The molecule has 12 rings (SSSR count). The van der Waals surface area contributed by atoms with E-state index in [1.54, 1.807) is 12.1 Å². The Morgan fingerprint density at radius 1 is 0.365 bits per heavy atom. The van der Waals surface area contributed by atoms with Gasteiger partial charge in [-0.15, -0.1) is 0 Å². The van der Waals surface area contributed by atoms with Gasteiger partial charge in [-0.2, -0.15) is 0 Å². The maximum atomic E-state index is 7.13. The molecule has 0 atom stereocenters. The molecule has 278 valence electrons. The second-order valence-electron chi connectivity index (χ2n) is 15.8. The molecule has 12 aromatic rings. The lowest BCUT2D eigenvalue weighted by Crippen LogP contribution is -2.27. The summed E-state index contributed by atoms with van der Waals surface area (Å²) in [4.78, 5) is 14.8. The zero-order chi connectivity index (χ0) is 42.7. The molecule has 0 aliphatic carbocycles. The van der Waals surface area contributed by atoms with E-state index in [-0.39, 0.29) is 0 Å². The molecule has 0 aliphatic heterocycles. The number of nitrogens with zero attached hydrogens (tertiary/aromatic N) is 5. The van der Waals surface area contributed by atoms with Gasteiger partial charge in [0.05, 0.1) is 11.0 Å². The van der Waals surface area contributed by atoms with Crippen molar-refractivity contribution in [2.75, 3.05) is 0 Å². The van der Waals surface area contributed by atoms with Gasteiger partial charge in [-0.1, -0.05) is 142 Å². The van der Waals surface area contributed by atoms with Crippen LogP contribution in [0, 0.1) is 0 Å². The van der Waals surface area contributed by atoms with Crippen molar-refractivity contribution in [1.29, 1.82) is 0 Å². The van der Waals surface area contributed by atoms with Gasteiger partial charge in [0, 0.05) is 71.4 Å². The molecule has 0 unspecified atom stereocenters. The van der Waals surface area contributed by atoms with Gasteiger partial charge >= 0.3 is 0 Å². The van der Waals surface area contributed by atoms with Crippen LogP contribution >= 0.6 is 0 Å². The summed E-state index contributed by atoms with van der Waals surface area (Å²) in [6, 6.07) is 49.3. The fraction of sp³-hybridized carbons (Fsp3) is 0. The van der Waals surface area contributed by atoms with Gasteiger partial charge in [-0.05, 0) is 42.5 Å². The van der Waals surface area contributed by atoms with E-state index in [0.29, 0.717) is 66.8 Å². The number of fused-ring (bicyclic) bond motifs is 10. The Kier molecular flexibility index (Phi) is 8.32. The second-order valence-corrected chi connectivity index (χ2v) is 15.8. The number of aromatic nitrogens is 5. The standard InChI is InChI=1S/C51H25B6N5O/c52-29-21-35-41-43(56)44(57)42-36-22-30(53)24-38(55)46(36)62(48(42)47(41)61(45(35)37(54)23-29)31-14-8-3-9-15-31)32-17-19-39-34(25-32)33-18-16-28(20-40(33)63-39)51-59-49(26-10-4-1-5-11-26)58-50(60-51)27-12-6-2-7-13-27/h1-25H. The summed E-state index contributed by atoms with van der Waals surface area (Å²) >= 11 is 0. The van der Waals surface area contributed by atoms with E-state index in [1.807, 2.05) is 133 Å². The number of para-hydroxylation sites is 1. The highest BCUT2D eigenvalue weighted by atomic mass is 16.3. The number of rotatable bonds is 5. The first kappa shape index (κ1) is 37.3. The van der Waals surface area contributed by atoms with Crippen LogP contribution in [0.1, 0.15) is 0 Å². The van der Waals surface area contributed by atoms with Crippen molar-refractivity contribution in [3.05, 3.63) is 152 Å². The lowest BCUT2D eigenvalue weighted by molar-refractivity contribution is 0.669. The number of hydrogen-bond acceptors (Lipinski definition) is 4. The highest BCUT2D eigenvalue weighted by Gasteiger charge is 2.26. The minimum Gasteiger partial charge on any atom is -0.456 e. The van der Waals surface area contributed by atoms with E-state index in [9.17, 15) is 0 Å². The van der Waals surface area contributed by atoms with Gasteiger partial charge in [-0.25, -0.2) is 15.0 Å².